The molecule has 0 unspecified atom stereocenters. The largest absolute Gasteiger partial charge is 0.481 e. The predicted molar refractivity (Wildman–Crippen MR) is 196 cm³/mol. The van der Waals surface area contributed by atoms with E-state index in [-0.39, 0.29) is 25.2 Å². The molecule has 1 aliphatic carbocycles. The van der Waals surface area contributed by atoms with Crippen molar-refractivity contribution in [3.05, 3.63) is 83.8 Å². The molecular weight excluding hydrogens is 667 g/mol. The standard InChI is InChI=1S/C40H53FN4O7/c1-24-10-9-13-32(46)35(24)44-37(48)29(21-27-11-7-8-12-30(27)41)22-33(47)31(43-38(49)36(40(2,3)4)45-39(50)52-6)20-25-14-16-26(17-15-25)28-18-19-34(51-5)42-23-28/h7-8,11-12,14-19,23-24,29,31-33,35-36,46-47H,9-10,13,20-22H2,1-6H3,(H,43,49)(H,44,48)(H,45,50)/t24-,29-,31+,32-,33+,35+,36-/m1/s1. The number of aliphatic hydroxyl groups excluding tert-OH is 2. The van der Waals surface area contributed by atoms with Crippen molar-refractivity contribution in [2.45, 2.75) is 96.6 Å². The molecule has 11 nitrogen and oxygen atoms in total. The fourth-order valence-electron chi connectivity index (χ4n) is 6.74. The molecule has 4 rings (SSSR count). The molecule has 7 atom stereocenters. The van der Waals surface area contributed by atoms with E-state index < -0.39 is 65.4 Å². The summed E-state index contributed by atoms with van der Waals surface area (Å²) in [4.78, 5) is 44.3. The van der Waals surface area contributed by atoms with Gasteiger partial charge in [0.15, 0.2) is 0 Å². The van der Waals surface area contributed by atoms with Crippen molar-refractivity contribution in [1.29, 1.82) is 0 Å². The lowest BCUT2D eigenvalue weighted by Crippen LogP contribution is -2.58. The van der Waals surface area contributed by atoms with E-state index in [4.69, 9.17) is 9.47 Å². The Balaban J connectivity index is 1.64. The first-order valence-electron chi connectivity index (χ1n) is 17.8. The Hall–Kier alpha value is -4.55. The fraction of sp³-hybridized carbons (Fsp3) is 0.500. The van der Waals surface area contributed by atoms with E-state index in [0.29, 0.717) is 17.9 Å². The molecule has 1 saturated carbocycles. The van der Waals surface area contributed by atoms with Crippen molar-refractivity contribution >= 4 is 17.9 Å². The zero-order valence-corrected chi connectivity index (χ0v) is 30.9. The van der Waals surface area contributed by atoms with Crippen molar-refractivity contribution in [1.82, 2.24) is 20.9 Å². The van der Waals surface area contributed by atoms with Gasteiger partial charge in [-0.1, -0.05) is 76.6 Å². The van der Waals surface area contributed by atoms with Crippen LogP contribution < -0.4 is 20.7 Å². The van der Waals surface area contributed by atoms with Crippen molar-refractivity contribution in [2.75, 3.05) is 14.2 Å². The molecule has 5 N–H and O–H groups in total. The van der Waals surface area contributed by atoms with E-state index in [1.54, 1.807) is 58.3 Å². The van der Waals surface area contributed by atoms with Gasteiger partial charge in [0.05, 0.1) is 38.5 Å². The number of rotatable bonds is 14. The highest BCUT2D eigenvalue weighted by atomic mass is 19.1. The Morgan fingerprint density at radius 2 is 1.63 bits per heavy atom. The number of hydrogen-bond acceptors (Lipinski definition) is 8. The third kappa shape index (κ3) is 11.0. The minimum absolute atomic E-state index is 0.00741. The highest BCUT2D eigenvalue weighted by Crippen LogP contribution is 2.28. The smallest absolute Gasteiger partial charge is 0.407 e. The maximum Gasteiger partial charge on any atom is 0.407 e. The summed E-state index contributed by atoms with van der Waals surface area (Å²) < 4.78 is 24.9. The zero-order valence-electron chi connectivity index (χ0n) is 30.9. The van der Waals surface area contributed by atoms with Crippen molar-refractivity contribution in [3.8, 4) is 17.0 Å². The summed E-state index contributed by atoms with van der Waals surface area (Å²) in [5.41, 5.74) is 2.14. The predicted octanol–water partition coefficient (Wildman–Crippen LogP) is 4.97. The van der Waals surface area contributed by atoms with Crippen LogP contribution in [0.4, 0.5) is 9.18 Å². The molecule has 1 heterocycles. The lowest BCUT2D eigenvalue weighted by Gasteiger charge is -2.36. The Bertz CT molecular complexity index is 1620. The van der Waals surface area contributed by atoms with Gasteiger partial charge >= 0.3 is 6.09 Å². The summed E-state index contributed by atoms with van der Waals surface area (Å²) in [5, 5.41) is 31.2. The van der Waals surface area contributed by atoms with Crippen LogP contribution in [0.2, 0.25) is 0 Å². The fourth-order valence-corrected chi connectivity index (χ4v) is 6.74. The van der Waals surface area contributed by atoms with E-state index in [1.165, 1.54) is 13.2 Å². The second kappa shape index (κ2) is 18.3. The van der Waals surface area contributed by atoms with Gasteiger partial charge in [-0.25, -0.2) is 14.2 Å². The quantitative estimate of drug-likeness (QED) is 0.156. The average Bonchev–Trinajstić information content (AvgIpc) is 3.12. The third-order valence-electron chi connectivity index (χ3n) is 9.87. The molecule has 0 aliphatic heterocycles. The molecule has 12 heteroatoms. The van der Waals surface area contributed by atoms with E-state index in [1.807, 2.05) is 37.3 Å². The first kappa shape index (κ1) is 40.2. The summed E-state index contributed by atoms with van der Waals surface area (Å²) >= 11 is 0. The lowest BCUT2D eigenvalue weighted by molar-refractivity contribution is -0.129. The number of methoxy groups -OCH3 is 2. The van der Waals surface area contributed by atoms with E-state index in [9.17, 15) is 29.0 Å². The number of carbonyl (C=O) groups excluding carboxylic acids is 3. The van der Waals surface area contributed by atoms with E-state index in [2.05, 4.69) is 20.9 Å². The molecule has 3 amide bonds. The molecular formula is C40H53FN4O7. The van der Waals surface area contributed by atoms with Crippen LogP contribution in [0.5, 0.6) is 5.88 Å². The minimum atomic E-state index is -1.27. The molecule has 1 aromatic heterocycles. The monoisotopic (exact) mass is 720 g/mol. The second-order valence-electron chi connectivity index (χ2n) is 14.8. The highest BCUT2D eigenvalue weighted by Gasteiger charge is 2.37. The number of amides is 3. The van der Waals surface area contributed by atoms with Gasteiger partial charge in [-0.15, -0.1) is 0 Å². The Labute approximate surface area is 305 Å². The molecule has 2 aromatic carbocycles. The topological polar surface area (TPSA) is 159 Å². The summed E-state index contributed by atoms with van der Waals surface area (Å²) in [6, 6.07) is 15.0. The van der Waals surface area contributed by atoms with E-state index in [0.717, 1.165) is 29.5 Å². The van der Waals surface area contributed by atoms with Crippen molar-refractivity contribution in [3.63, 3.8) is 0 Å². The van der Waals surface area contributed by atoms with Gasteiger partial charge in [0.25, 0.3) is 0 Å². The number of aliphatic hydroxyl groups is 2. The normalized spacial score (nSPS) is 19.8. The van der Waals surface area contributed by atoms with Gasteiger partial charge in [-0.05, 0) is 72.3 Å². The first-order chi connectivity index (χ1) is 24.7. The van der Waals surface area contributed by atoms with Crippen LogP contribution in [-0.2, 0) is 27.2 Å². The van der Waals surface area contributed by atoms with Gasteiger partial charge in [-0.3, -0.25) is 9.59 Å². The SMILES string of the molecule is COC(=O)N[C@H](C(=O)N[C@@H](Cc1ccc(-c2ccc(OC)nc2)cc1)[C@@H](O)C[C@@H](Cc1ccccc1F)C(=O)N[C@H]1[C@H](C)CCC[C@H]1O)C(C)(C)C. The molecule has 0 saturated heterocycles. The Kier molecular flexibility index (Phi) is 14.1. The number of benzene rings is 2. The molecule has 1 aliphatic rings. The second-order valence-corrected chi connectivity index (χ2v) is 14.8. The molecule has 282 valence electrons. The molecule has 0 radical (unpaired) electrons. The van der Waals surface area contributed by atoms with Gasteiger partial charge < -0.3 is 35.6 Å². The minimum Gasteiger partial charge on any atom is -0.481 e. The van der Waals surface area contributed by atoms with Crippen LogP contribution in [0.25, 0.3) is 11.1 Å². The summed E-state index contributed by atoms with van der Waals surface area (Å²) in [7, 11) is 2.75. The molecule has 0 spiro atoms. The maximum absolute atomic E-state index is 14.9. The average molecular weight is 721 g/mol. The maximum atomic E-state index is 14.9. The van der Waals surface area contributed by atoms with E-state index >= 15 is 0 Å². The number of ether oxygens (including phenoxy) is 2. The number of nitrogens with one attached hydrogen (secondary N) is 3. The summed E-state index contributed by atoms with van der Waals surface area (Å²) in [5.74, 6) is -1.80. The van der Waals surface area contributed by atoms with Crippen LogP contribution in [0, 0.1) is 23.1 Å². The van der Waals surface area contributed by atoms with Gasteiger partial charge in [-0.2, -0.15) is 0 Å². The molecule has 3 aromatic rings. The summed E-state index contributed by atoms with van der Waals surface area (Å²) in [6.45, 7) is 7.35. The number of hydrogen-bond donors (Lipinski definition) is 5. The number of nitrogens with zero attached hydrogens (tertiary/aromatic N) is 1. The molecule has 52 heavy (non-hydrogen) atoms. The van der Waals surface area contributed by atoms with Crippen LogP contribution in [-0.4, -0.2) is 77.7 Å². The van der Waals surface area contributed by atoms with Gasteiger partial charge in [0.1, 0.15) is 11.9 Å². The number of carbonyl (C=O) groups is 3. The van der Waals surface area contributed by atoms with Crippen LogP contribution in [0.3, 0.4) is 0 Å². The Morgan fingerprint density at radius 1 is 0.942 bits per heavy atom. The van der Waals surface area contributed by atoms with Crippen LogP contribution >= 0.6 is 0 Å². The van der Waals surface area contributed by atoms with Crippen LogP contribution in [0.15, 0.2) is 66.9 Å². The lowest BCUT2D eigenvalue weighted by atomic mass is 9.82. The van der Waals surface area contributed by atoms with Crippen molar-refractivity contribution < 1.29 is 38.5 Å². The third-order valence-corrected chi connectivity index (χ3v) is 9.87. The zero-order chi connectivity index (χ0) is 38.0. The van der Waals surface area contributed by atoms with Gasteiger partial charge in [0, 0.05) is 23.7 Å². The number of aromatic nitrogens is 1. The summed E-state index contributed by atoms with van der Waals surface area (Å²) in [6.07, 6.45) is 1.24. The number of halogens is 1. The number of alkyl carbamates (subject to hydrolysis) is 1. The first-order valence-corrected chi connectivity index (χ1v) is 17.8. The van der Waals surface area contributed by atoms with Crippen LogP contribution in [0.1, 0.15) is 64.5 Å². The van der Waals surface area contributed by atoms with Gasteiger partial charge in [0.2, 0.25) is 17.7 Å². The molecule has 1 fully saturated rings. The Morgan fingerprint density at radius 3 is 2.23 bits per heavy atom. The van der Waals surface area contributed by atoms with Crippen molar-refractivity contribution in [2.24, 2.45) is 17.3 Å². The molecule has 0 bridgehead atoms. The number of pyridine rings is 1. The highest BCUT2D eigenvalue weighted by molar-refractivity contribution is 5.86.